The molecule has 5 rings (SSSR count). The monoisotopic (exact) mass is 556 g/mol. The number of nitrogens with zero attached hydrogens (tertiary/aromatic N) is 3. The number of Topliss-reactive ketones (excluding diaryl/α,β-unsaturated/α-hetero) is 2. The number of nitrogens with two attached hydrogens (primary N) is 1. The number of rotatable bonds is 5. The van der Waals surface area contributed by atoms with Gasteiger partial charge < -0.3 is 36.2 Å². The molecule has 0 saturated carbocycles. The molecule has 0 bridgehead atoms. The zero-order valence-corrected chi connectivity index (χ0v) is 22.8. The molecule has 12 nitrogen and oxygen atoms in total. The molecule has 0 spiro atoms. The van der Waals surface area contributed by atoms with Crippen molar-refractivity contribution in [2.45, 2.75) is 30.6 Å². The summed E-state index contributed by atoms with van der Waals surface area (Å²) < 4.78 is 0. The third-order valence-electron chi connectivity index (χ3n) is 9.03. The minimum Gasteiger partial charge on any atom is -0.510 e. The number of β-amino-alcohol motifs (C(OH)–C–C–N with tert-alkyl or cyclic N) is 1. The first-order valence-electron chi connectivity index (χ1n) is 13.4. The average molecular weight is 557 g/mol. The van der Waals surface area contributed by atoms with Gasteiger partial charge in [-0.05, 0) is 57.1 Å². The highest BCUT2D eigenvalue weighted by Crippen LogP contribution is 2.52. The van der Waals surface area contributed by atoms with E-state index in [-0.39, 0.29) is 29.7 Å². The number of carbonyl (C=O) groups excluding carboxylic acids is 3. The molecule has 40 heavy (non-hydrogen) atoms. The zero-order chi connectivity index (χ0) is 29.3. The van der Waals surface area contributed by atoms with Crippen LogP contribution in [0.2, 0.25) is 0 Å². The number of phenols is 1. The van der Waals surface area contributed by atoms with Crippen LogP contribution in [-0.4, -0.2) is 123 Å². The zero-order valence-electron chi connectivity index (χ0n) is 22.8. The smallest absolute Gasteiger partial charge is 0.255 e. The van der Waals surface area contributed by atoms with E-state index in [1.165, 1.54) is 11.0 Å². The highest BCUT2D eigenvalue weighted by atomic mass is 16.3. The Kier molecular flexibility index (Phi) is 7.04. The molecular formula is C28H36N4O8. The van der Waals surface area contributed by atoms with Crippen LogP contribution < -0.4 is 5.73 Å². The Hall–Kier alpha value is -3.29. The largest absolute Gasteiger partial charge is 0.510 e. The molecule has 216 valence electrons. The third-order valence-corrected chi connectivity index (χ3v) is 9.03. The van der Waals surface area contributed by atoms with Gasteiger partial charge in [0.2, 0.25) is 5.78 Å². The third kappa shape index (κ3) is 4.13. The van der Waals surface area contributed by atoms with Gasteiger partial charge in [0.15, 0.2) is 11.4 Å². The molecule has 1 unspecified atom stereocenters. The standard InChI is InChI=1S/C28H36N4O8/c1-30(2)22-16-11-13-10-15-14(18(34)12-32-8-6-31(3)7-9-32)4-5-17(33)20(15)23(35)19(13)25(37)28(16,40)26(38)21(24(22)36)27(29)39/h4-5,13,16,18,22,33-34,36-37,40H,6-12H2,1-3H3,(H2,29,39)/t13-,16-,18?,22-,28-/m0/s1. The second-order valence-corrected chi connectivity index (χ2v) is 11.6. The van der Waals surface area contributed by atoms with Gasteiger partial charge in [0.25, 0.3) is 5.91 Å². The SMILES string of the molecule is CN1CCN(CC(O)c2ccc(O)c3c2C[C@H]2C[C@H]4[C@H](N(C)C)C(O)=C(C(N)=O)C(=O)[C@@]4(O)C(O)=C2C3=O)CC1. The minimum atomic E-state index is -2.68. The number of likely N-dealkylation sites (N-methyl/N-ethyl adjacent to an activating group) is 2. The maximum Gasteiger partial charge on any atom is 0.255 e. The summed E-state index contributed by atoms with van der Waals surface area (Å²) in [5.74, 6) is -6.97. The number of hydrogen-bond acceptors (Lipinski definition) is 11. The number of ketones is 2. The first-order valence-corrected chi connectivity index (χ1v) is 13.4. The average Bonchev–Trinajstić information content (AvgIpc) is 2.87. The summed E-state index contributed by atoms with van der Waals surface area (Å²) in [6.07, 6.45) is -0.811. The number of benzene rings is 1. The number of fused-ring (bicyclic) bond motifs is 3. The molecule has 12 heteroatoms. The topological polar surface area (TPSA) is 188 Å². The predicted molar refractivity (Wildman–Crippen MR) is 143 cm³/mol. The van der Waals surface area contributed by atoms with Gasteiger partial charge in [-0.25, -0.2) is 0 Å². The molecule has 1 amide bonds. The molecule has 4 aliphatic rings. The van der Waals surface area contributed by atoms with Crippen LogP contribution in [0.4, 0.5) is 0 Å². The molecule has 7 N–H and O–H groups in total. The van der Waals surface area contributed by atoms with Crippen LogP contribution in [0, 0.1) is 11.8 Å². The Morgan fingerprint density at radius 1 is 1.15 bits per heavy atom. The lowest BCUT2D eigenvalue weighted by atomic mass is 9.58. The molecule has 1 aromatic carbocycles. The van der Waals surface area contributed by atoms with Gasteiger partial charge in [-0.1, -0.05) is 6.07 Å². The van der Waals surface area contributed by atoms with Gasteiger partial charge >= 0.3 is 0 Å². The Balaban J connectivity index is 1.58. The second-order valence-electron chi connectivity index (χ2n) is 11.6. The summed E-state index contributed by atoms with van der Waals surface area (Å²) in [6.45, 7) is 3.62. The first kappa shape index (κ1) is 28.2. The number of hydrogen-bond donors (Lipinski definition) is 6. The summed E-state index contributed by atoms with van der Waals surface area (Å²) in [4.78, 5) is 45.2. The molecule has 1 heterocycles. The number of primary amides is 1. The number of piperazine rings is 1. The van der Waals surface area contributed by atoms with Gasteiger partial charge in [0, 0.05) is 44.2 Å². The van der Waals surface area contributed by atoms with Crippen molar-refractivity contribution in [3.05, 3.63) is 51.5 Å². The molecule has 0 aromatic heterocycles. The van der Waals surface area contributed by atoms with Crippen molar-refractivity contribution in [1.29, 1.82) is 0 Å². The quantitative estimate of drug-likeness (QED) is 0.254. The van der Waals surface area contributed by atoms with Crippen LogP contribution in [0.15, 0.2) is 34.8 Å². The molecule has 1 aromatic rings. The lowest BCUT2D eigenvalue weighted by Gasteiger charge is -2.50. The Morgan fingerprint density at radius 2 is 1.80 bits per heavy atom. The van der Waals surface area contributed by atoms with E-state index in [1.807, 2.05) is 7.05 Å². The van der Waals surface area contributed by atoms with Gasteiger partial charge in [0.05, 0.1) is 17.7 Å². The van der Waals surface area contributed by atoms with E-state index in [1.54, 1.807) is 20.2 Å². The van der Waals surface area contributed by atoms with Crippen LogP contribution in [0.5, 0.6) is 5.75 Å². The maximum absolute atomic E-state index is 13.8. The maximum atomic E-state index is 13.8. The summed E-state index contributed by atoms with van der Waals surface area (Å²) >= 11 is 0. The number of allylic oxidation sites excluding steroid dienone is 1. The van der Waals surface area contributed by atoms with E-state index >= 15 is 0 Å². The highest BCUT2D eigenvalue weighted by Gasteiger charge is 2.63. The lowest BCUT2D eigenvalue weighted by Crippen LogP contribution is -2.63. The Morgan fingerprint density at radius 3 is 2.40 bits per heavy atom. The number of carbonyl (C=O) groups is 3. The normalized spacial score (nSPS) is 30.3. The Labute approximate surface area is 231 Å². The fraction of sp³-hybridized carbons (Fsp3) is 0.536. The van der Waals surface area contributed by atoms with Gasteiger partial charge in [-0.3, -0.25) is 24.2 Å². The molecule has 0 radical (unpaired) electrons. The van der Waals surface area contributed by atoms with Crippen molar-refractivity contribution in [1.82, 2.24) is 14.7 Å². The summed E-state index contributed by atoms with van der Waals surface area (Å²) in [6, 6.07) is 1.85. The minimum absolute atomic E-state index is 0.00455. The van der Waals surface area contributed by atoms with Gasteiger partial charge in [0.1, 0.15) is 22.8 Å². The molecule has 1 aliphatic heterocycles. The summed E-state index contributed by atoms with van der Waals surface area (Å²) in [5.41, 5.74) is 2.45. The number of aromatic hydroxyl groups is 1. The van der Waals surface area contributed by atoms with Gasteiger partial charge in [-0.2, -0.15) is 0 Å². The van der Waals surface area contributed by atoms with Crippen molar-refractivity contribution in [2.75, 3.05) is 53.9 Å². The van der Waals surface area contributed by atoms with Crippen LogP contribution in [-0.2, 0) is 16.0 Å². The van der Waals surface area contributed by atoms with Crippen LogP contribution in [0.1, 0.15) is 34.0 Å². The highest BCUT2D eigenvalue weighted by molar-refractivity contribution is 6.24. The van der Waals surface area contributed by atoms with Crippen molar-refractivity contribution < 1.29 is 39.9 Å². The van der Waals surface area contributed by atoms with Crippen LogP contribution in [0.25, 0.3) is 0 Å². The molecule has 3 aliphatic carbocycles. The van der Waals surface area contributed by atoms with Crippen LogP contribution in [0.3, 0.4) is 0 Å². The van der Waals surface area contributed by atoms with E-state index in [2.05, 4.69) is 9.80 Å². The Bertz CT molecular complexity index is 1350. The van der Waals surface area contributed by atoms with Crippen molar-refractivity contribution in [3.8, 4) is 5.75 Å². The van der Waals surface area contributed by atoms with Crippen LogP contribution >= 0.6 is 0 Å². The van der Waals surface area contributed by atoms with E-state index in [0.29, 0.717) is 17.7 Å². The summed E-state index contributed by atoms with van der Waals surface area (Å²) in [7, 11) is 5.20. The summed E-state index contributed by atoms with van der Waals surface area (Å²) in [5, 5.41) is 55.9. The van der Waals surface area contributed by atoms with Crippen molar-refractivity contribution in [3.63, 3.8) is 0 Å². The number of phenolic OH excluding ortho intramolecular Hbond substituents is 1. The fourth-order valence-electron chi connectivity index (χ4n) is 6.96. The van der Waals surface area contributed by atoms with E-state index in [0.717, 1.165) is 26.2 Å². The fourth-order valence-corrected chi connectivity index (χ4v) is 6.96. The molecule has 1 saturated heterocycles. The van der Waals surface area contributed by atoms with E-state index < -0.39 is 64.1 Å². The molecule has 5 atom stereocenters. The predicted octanol–water partition coefficient (Wildman–Crippen LogP) is -0.599. The van der Waals surface area contributed by atoms with Crippen molar-refractivity contribution in [2.24, 2.45) is 17.6 Å². The van der Waals surface area contributed by atoms with E-state index in [9.17, 15) is 39.9 Å². The molecule has 1 fully saturated rings. The number of aliphatic hydroxyl groups excluding tert-OH is 3. The number of aliphatic hydroxyl groups is 4. The first-order chi connectivity index (χ1) is 18.8. The molecular weight excluding hydrogens is 520 g/mol. The van der Waals surface area contributed by atoms with E-state index in [4.69, 9.17) is 5.73 Å². The second kappa shape index (κ2) is 9.96. The lowest BCUT2D eigenvalue weighted by molar-refractivity contribution is -0.148. The van der Waals surface area contributed by atoms with Crippen molar-refractivity contribution >= 4 is 17.5 Å². The number of amides is 1. The van der Waals surface area contributed by atoms with Gasteiger partial charge in [-0.15, -0.1) is 0 Å².